The van der Waals surface area contributed by atoms with E-state index in [1.807, 2.05) is 36.4 Å². The molecule has 2 heterocycles. The molecular formula is C20H22ClN7. The van der Waals surface area contributed by atoms with Crippen molar-refractivity contribution in [3.05, 3.63) is 53.8 Å². The first kappa shape index (κ1) is 18.5. The Hall–Kier alpha value is -2.90. The molecule has 1 saturated heterocycles. The lowest BCUT2D eigenvalue weighted by molar-refractivity contribution is 0.494. The van der Waals surface area contributed by atoms with Gasteiger partial charge in [0.25, 0.3) is 0 Å². The number of amidine groups is 1. The third-order valence-electron chi connectivity index (χ3n) is 5.17. The first-order valence-corrected chi connectivity index (χ1v) is 9.58. The number of anilines is 1. The average molecular weight is 396 g/mol. The zero-order chi connectivity index (χ0) is 19.5. The molecule has 0 aliphatic carbocycles. The van der Waals surface area contributed by atoms with Gasteiger partial charge in [0.1, 0.15) is 18.0 Å². The minimum absolute atomic E-state index is 0.132. The van der Waals surface area contributed by atoms with Crippen LogP contribution in [0.4, 0.5) is 5.82 Å². The maximum Gasteiger partial charge on any atom is 0.140 e. The number of fused-ring (bicyclic) bond motifs is 1. The lowest BCUT2D eigenvalue weighted by atomic mass is 9.95. The van der Waals surface area contributed by atoms with Crippen LogP contribution in [0.1, 0.15) is 12.8 Å². The monoisotopic (exact) mass is 395 g/mol. The van der Waals surface area contributed by atoms with Crippen LogP contribution < -0.4 is 22.0 Å². The fourth-order valence-corrected chi connectivity index (χ4v) is 4.07. The van der Waals surface area contributed by atoms with Crippen molar-refractivity contribution in [3.63, 3.8) is 0 Å². The summed E-state index contributed by atoms with van der Waals surface area (Å²) in [5.41, 5.74) is 5.62. The summed E-state index contributed by atoms with van der Waals surface area (Å²) in [7, 11) is 0. The van der Waals surface area contributed by atoms with Crippen molar-refractivity contribution in [2.75, 3.05) is 18.0 Å². The SMILES string of the molecule is N/N=C(\NN)C1CCCN(c2ncnc3cccc(-c4cccc(Cl)c4)c23)C1. The van der Waals surface area contributed by atoms with Gasteiger partial charge in [-0.1, -0.05) is 35.9 Å². The maximum absolute atomic E-state index is 6.23. The molecule has 0 saturated carbocycles. The normalized spacial score (nSPS) is 17.7. The summed E-state index contributed by atoms with van der Waals surface area (Å²) in [6, 6.07) is 13.9. The molecule has 28 heavy (non-hydrogen) atoms. The number of hydrazine groups is 1. The molecule has 1 fully saturated rings. The Morgan fingerprint density at radius 1 is 1.21 bits per heavy atom. The highest BCUT2D eigenvalue weighted by Gasteiger charge is 2.26. The Bertz CT molecular complexity index is 1020. The predicted octanol–water partition coefficient (Wildman–Crippen LogP) is 2.90. The van der Waals surface area contributed by atoms with Gasteiger partial charge in [0.15, 0.2) is 0 Å². The van der Waals surface area contributed by atoms with Crippen LogP contribution in [0.2, 0.25) is 5.02 Å². The fraction of sp³-hybridized carbons (Fsp3) is 0.250. The van der Waals surface area contributed by atoms with Crippen LogP contribution in [0.25, 0.3) is 22.0 Å². The third-order valence-corrected chi connectivity index (χ3v) is 5.41. The number of nitrogens with two attached hydrogens (primary N) is 2. The molecule has 2 aromatic carbocycles. The Morgan fingerprint density at radius 3 is 2.86 bits per heavy atom. The van der Waals surface area contributed by atoms with Gasteiger partial charge in [-0.15, -0.1) is 0 Å². The molecule has 0 bridgehead atoms. The minimum Gasteiger partial charge on any atom is -0.355 e. The van der Waals surface area contributed by atoms with Gasteiger partial charge in [0.2, 0.25) is 0 Å². The van der Waals surface area contributed by atoms with Crippen LogP contribution in [0, 0.1) is 5.92 Å². The molecule has 1 unspecified atom stereocenters. The standard InChI is InChI=1S/C20H22ClN7/c21-15-6-1-4-13(10-15)16-7-2-8-17-18(16)20(25-12-24-17)28-9-3-5-14(11-28)19(26-22)27-23/h1-2,4,6-8,10,12,14H,3,5,9,11,22-23H2,(H,26,27). The van der Waals surface area contributed by atoms with E-state index in [1.54, 1.807) is 6.33 Å². The first-order chi connectivity index (χ1) is 13.7. The van der Waals surface area contributed by atoms with Crippen LogP contribution in [-0.4, -0.2) is 28.9 Å². The van der Waals surface area contributed by atoms with E-state index in [1.165, 1.54) is 0 Å². The van der Waals surface area contributed by atoms with Gasteiger partial charge < -0.3 is 16.2 Å². The molecule has 3 aromatic rings. The molecule has 7 nitrogen and oxygen atoms in total. The summed E-state index contributed by atoms with van der Waals surface area (Å²) >= 11 is 6.23. The number of benzene rings is 2. The molecule has 1 aliphatic heterocycles. The molecule has 0 amide bonds. The summed E-state index contributed by atoms with van der Waals surface area (Å²) in [5.74, 6) is 12.7. The van der Waals surface area contributed by atoms with Crippen molar-refractivity contribution in [1.82, 2.24) is 15.4 Å². The van der Waals surface area contributed by atoms with E-state index in [2.05, 4.69) is 31.5 Å². The zero-order valence-electron chi connectivity index (χ0n) is 15.3. The highest BCUT2D eigenvalue weighted by Crippen LogP contribution is 2.35. The molecule has 1 aromatic heterocycles. The van der Waals surface area contributed by atoms with Gasteiger partial charge in [0, 0.05) is 24.0 Å². The van der Waals surface area contributed by atoms with Crippen LogP contribution in [-0.2, 0) is 0 Å². The smallest absolute Gasteiger partial charge is 0.140 e. The van der Waals surface area contributed by atoms with E-state index in [-0.39, 0.29) is 5.92 Å². The molecular weight excluding hydrogens is 374 g/mol. The number of halogens is 1. The van der Waals surface area contributed by atoms with Gasteiger partial charge in [-0.05, 0) is 42.2 Å². The lowest BCUT2D eigenvalue weighted by Crippen LogP contribution is -2.46. The van der Waals surface area contributed by atoms with Crippen molar-refractivity contribution >= 4 is 34.2 Å². The van der Waals surface area contributed by atoms with Crippen LogP contribution in [0.15, 0.2) is 53.9 Å². The van der Waals surface area contributed by atoms with Crippen molar-refractivity contribution in [2.45, 2.75) is 12.8 Å². The minimum atomic E-state index is 0.132. The maximum atomic E-state index is 6.23. The van der Waals surface area contributed by atoms with Gasteiger partial charge >= 0.3 is 0 Å². The highest BCUT2D eigenvalue weighted by atomic mass is 35.5. The van der Waals surface area contributed by atoms with E-state index in [0.717, 1.165) is 53.8 Å². The molecule has 1 atom stereocenters. The summed E-state index contributed by atoms with van der Waals surface area (Å²) < 4.78 is 0. The van der Waals surface area contributed by atoms with Crippen molar-refractivity contribution in [2.24, 2.45) is 22.7 Å². The summed E-state index contributed by atoms with van der Waals surface area (Å²) in [6.45, 7) is 1.63. The van der Waals surface area contributed by atoms with Gasteiger partial charge in [-0.2, -0.15) is 5.10 Å². The topological polar surface area (TPSA) is 105 Å². The number of hydrogen-bond donors (Lipinski definition) is 3. The highest BCUT2D eigenvalue weighted by molar-refractivity contribution is 6.31. The molecule has 8 heteroatoms. The molecule has 1 aliphatic rings. The number of rotatable bonds is 3. The second-order valence-corrected chi connectivity index (χ2v) is 7.29. The van der Waals surface area contributed by atoms with Crippen molar-refractivity contribution in [3.8, 4) is 11.1 Å². The second-order valence-electron chi connectivity index (χ2n) is 6.85. The largest absolute Gasteiger partial charge is 0.355 e. The van der Waals surface area contributed by atoms with Gasteiger partial charge in [0.05, 0.1) is 10.9 Å². The van der Waals surface area contributed by atoms with E-state index < -0.39 is 0 Å². The number of hydrazone groups is 1. The van der Waals surface area contributed by atoms with Crippen LogP contribution in [0.3, 0.4) is 0 Å². The predicted molar refractivity (Wildman–Crippen MR) is 114 cm³/mol. The first-order valence-electron chi connectivity index (χ1n) is 9.20. The Labute approximate surface area is 168 Å². The molecule has 4 rings (SSSR count). The van der Waals surface area contributed by atoms with Crippen molar-refractivity contribution in [1.29, 1.82) is 0 Å². The quantitative estimate of drug-likeness (QED) is 0.272. The summed E-state index contributed by atoms with van der Waals surface area (Å²) in [6.07, 6.45) is 3.58. The number of nitrogens with zero attached hydrogens (tertiary/aromatic N) is 4. The Balaban J connectivity index is 1.82. The lowest BCUT2D eigenvalue weighted by Gasteiger charge is -2.34. The van der Waals surface area contributed by atoms with E-state index in [9.17, 15) is 0 Å². The Morgan fingerprint density at radius 2 is 2.07 bits per heavy atom. The number of nitrogens with one attached hydrogen (secondary N) is 1. The summed E-state index contributed by atoms with van der Waals surface area (Å²) in [4.78, 5) is 11.4. The number of aromatic nitrogens is 2. The zero-order valence-corrected chi connectivity index (χ0v) is 16.1. The van der Waals surface area contributed by atoms with E-state index in [4.69, 9.17) is 23.3 Å². The van der Waals surface area contributed by atoms with E-state index >= 15 is 0 Å². The average Bonchev–Trinajstić information content (AvgIpc) is 2.74. The number of piperidine rings is 1. The second kappa shape index (κ2) is 8.00. The van der Waals surface area contributed by atoms with Gasteiger partial charge in [-0.3, -0.25) is 0 Å². The fourth-order valence-electron chi connectivity index (χ4n) is 3.88. The van der Waals surface area contributed by atoms with Crippen LogP contribution in [0.5, 0.6) is 0 Å². The molecule has 5 N–H and O–H groups in total. The van der Waals surface area contributed by atoms with E-state index in [0.29, 0.717) is 10.9 Å². The molecule has 0 radical (unpaired) electrons. The summed E-state index contributed by atoms with van der Waals surface area (Å²) in [5, 5.41) is 5.51. The van der Waals surface area contributed by atoms with Crippen molar-refractivity contribution < 1.29 is 0 Å². The number of hydrogen-bond acceptors (Lipinski definition) is 6. The van der Waals surface area contributed by atoms with Crippen LogP contribution >= 0.6 is 11.6 Å². The molecule has 0 spiro atoms. The third kappa shape index (κ3) is 3.46. The van der Waals surface area contributed by atoms with Gasteiger partial charge in [-0.25, -0.2) is 15.8 Å². The Kier molecular flexibility index (Phi) is 5.27. The molecule has 144 valence electrons.